The highest BCUT2D eigenvalue weighted by atomic mass is 16.5. The van der Waals surface area contributed by atoms with Crippen molar-refractivity contribution in [3.05, 3.63) is 71.3 Å². The van der Waals surface area contributed by atoms with Gasteiger partial charge < -0.3 is 10.5 Å². The van der Waals surface area contributed by atoms with Crippen LogP contribution in [0.4, 0.5) is 0 Å². The molecule has 2 rings (SSSR count). The van der Waals surface area contributed by atoms with Crippen molar-refractivity contribution in [1.82, 2.24) is 0 Å². The highest BCUT2D eigenvalue weighted by Gasteiger charge is 1.95. The number of nitrogens with two attached hydrogens (primary N) is 1. The maximum atomic E-state index is 5.68. The van der Waals surface area contributed by atoms with E-state index in [1.165, 1.54) is 11.1 Å². The Kier molecular flexibility index (Phi) is 5.60. The standard InChI is InChI=1S/C17H21NO/c18-13-16-8-10-17(11-9-16)14-19-12-4-7-15-5-2-1-3-6-15/h1-3,5-6,8-11H,4,7,12-14,18H2. The van der Waals surface area contributed by atoms with Crippen LogP contribution in [-0.4, -0.2) is 6.61 Å². The Morgan fingerprint density at radius 1 is 0.789 bits per heavy atom. The van der Waals surface area contributed by atoms with Gasteiger partial charge in [0.25, 0.3) is 0 Å². The molecule has 0 heterocycles. The minimum absolute atomic E-state index is 0.595. The van der Waals surface area contributed by atoms with E-state index >= 15 is 0 Å². The summed E-state index contributed by atoms with van der Waals surface area (Å²) in [7, 11) is 0. The molecule has 0 aliphatic rings. The molecular weight excluding hydrogens is 234 g/mol. The fourth-order valence-corrected chi connectivity index (χ4v) is 1.98. The Labute approximate surface area is 115 Å². The van der Waals surface area contributed by atoms with Gasteiger partial charge >= 0.3 is 0 Å². The molecule has 0 saturated heterocycles. The van der Waals surface area contributed by atoms with Crippen LogP contribution in [0.3, 0.4) is 0 Å². The van der Waals surface area contributed by atoms with Gasteiger partial charge in [0.2, 0.25) is 0 Å². The lowest BCUT2D eigenvalue weighted by Crippen LogP contribution is -1.99. The number of hydrogen-bond donors (Lipinski definition) is 1. The third-order valence-corrected chi connectivity index (χ3v) is 3.12. The molecule has 0 unspecified atom stereocenters. The molecule has 0 saturated carbocycles. The maximum Gasteiger partial charge on any atom is 0.0716 e. The second-order valence-corrected chi connectivity index (χ2v) is 4.66. The average Bonchev–Trinajstić information content (AvgIpc) is 2.49. The zero-order valence-electron chi connectivity index (χ0n) is 11.2. The summed E-state index contributed by atoms with van der Waals surface area (Å²) in [6.07, 6.45) is 2.14. The van der Waals surface area contributed by atoms with Crippen LogP contribution in [0.15, 0.2) is 54.6 Å². The van der Waals surface area contributed by atoms with Crippen molar-refractivity contribution in [1.29, 1.82) is 0 Å². The molecule has 2 nitrogen and oxygen atoms in total. The summed E-state index contributed by atoms with van der Waals surface area (Å²) in [5.41, 5.74) is 9.30. The molecule has 0 aromatic heterocycles. The molecule has 2 N–H and O–H groups in total. The molecule has 0 atom stereocenters. The Morgan fingerprint density at radius 2 is 1.47 bits per heavy atom. The predicted octanol–water partition coefficient (Wildman–Crippen LogP) is 3.29. The number of hydrogen-bond acceptors (Lipinski definition) is 2. The molecule has 0 fully saturated rings. The summed E-state index contributed by atoms with van der Waals surface area (Å²) in [5, 5.41) is 0. The third-order valence-electron chi connectivity index (χ3n) is 3.12. The Morgan fingerprint density at radius 3 is 2.16 bits per heavy atom. The van der Waals surface area contributed by atoms with Crippen molar-refractivity contribution in [2.75, 3.05) is 6.61 Å². The van der Waals surface area contributed by atoms with E-state index in [9.17, 15) is 0 Å². The summed E-state index contributed by atoms with van der Waals surface area (Å²) in [5.74, 6) is 0. The first-order chi connectivity index (χ1) is 9.38. The van der Waals surface area contributed by atoms with Crippen LogP contribution in [0, 0.1) is 0 Å². The number of aryl methyl sites for hydroxylation is 1. The Bertz CT molecular complexity index is 464. The Hall–Kier alpha value is -1.64. The first-order valence-electron chi connectivity index (χ1n) is 6.78. The first-order valence-corrected chi connectivity index (χ1v) is 6.78. The van der Waals surface area contributed by atoms with Gasteiger partial charge in [0, 0.05) is 13.2 Å². The minimum Gasteiger partial charge on any atom is -0.377 e. The van der Waals surface area contributed by atoms with Crippen LogP contribution in [0.2, 0.25) is 0 Å². The van der Waals surface area contributed by atoms with E-state index in [1.807, 2.05) is 6.07 Å². The predicted molar refractivity (Wildman–Crippen MR) is 78.8 cm³/mol. The molecule has 2 aromatic rings. The fourth-order valence-electron chi connectivity index (χ4n) is 1.98. The van der Waals surface area contributed by atoms with Gasteiger partial charge in [-0.2, -0.15) is 0 Å². The van der Waals surface area contributed by atoms with Gasteiger partial charge in [-0.1, -0.05) is 54.6 Å². The lowest BCUT2D eigenvalue weighted by atomic mass is 10.1. The van der Waals surface area contributed by atoms with Crippen molar-refractivity contribution < 1.29 is 4.74 Å². The zero-order chi connectivity index (χ0) is 13.3. The number of ether oxygens (including phenoxy) is 1. The van der Waals surface area contributed by atoms with Gasteiger partial charge in [-0.25, -0.2) is 0 Å². The van der Waals surface area contributed by atoms with Crippen LogP contribution in [-0.2, 0) is 24.3 Å². The van der Waals surface area contributed by atoms with E-state index in [4.69, 9.17) is 10.5 Å². The number of benzene rings is 2. The molecule has 2 aromatic carbocycles. The topological polar surface area (TPSA) is 35.2 Å². The van der Waals surface area contributed by atoms with Crippen LogP contribution in [0.25, 0.3) is 0 Å². The van der Waals surface area contributed by atoms with Gasteiger partial charge in [0.05, 0.1) is 6.61 Å². The largest absolute Gasteiger partial charge is 0.377 e. The van der Waals surface area contributed by atoms with Gasteiger partial charge in [-0.15, -0.1) is 0 Å². The highest BCUT2D eigenvalue weighted by Crippen LogP contribution is 2.06. The van der Waals surface area contributed by atoms with Crippen LogP contribution in [0.1, 0.15) is 23.1 Å². The summed E-state index contributed by atoms with van der Waals surface area (Å²) in [4.78, 5) is 0. The van der Waals surface area contributed by atoms with Crippen molar-refractivity contribution in [2.45, 2.75) is 26.0 Å². The first kappa shape index (κ1) is 13.8. The SMILES string of the molecule is NCc1ccc(COCCCc2ccccc2)cc1. The highest BCUT2D eigenvalue weighted by molar-refractivity contribution is 5.21. The van der Waals surface area contributed by atoms with E-state index in [0.29, 0.717) is 13.2 Å². The smallest absolute Gasteiger partial charge is 0.0716 e. The summed E-state index contributed by atoms with van der Waals surface area (Å²) in [6.45, 7) is 2.07. The van der Waals surface area contributed by atoms with E-state index in [1.54, 1.807) is 0 Å². The van der Waals surface area contributed by atoms with E-state index < -0.39 is 0 Å². The van der Waals surface area contributed by atoms with Crippen LogP contribution < -0.4 is 5.73 Å². The van der Waals surface area contributed by atoms with E-state index in [2.05, 4.69) is 48.5 Å². The molecule has 0 spiro atoms. The van der Waals surface area contributed by atoms with E-state index in [0.717, 1.165) is 25.0 Å². The molecular formula is C17H21NO. The molecule has 0 radical (unpaired) electrons. The average molecular weight is 255 g/mol. The third kappa shape index (κ3) is 4.86. The summed E-state index contributed by atoms with van der Waals surface area (Å²) in [6, 6.07) is 18.8. The number of rotatable bonds is 7. The van der Waals surface area contributed by atoms with Gasteiger partial charge in [-0.3, -0.25) is 0 Å². The fraction of sp³-hybridized carbons (Fsp3) is 0.294. The lowest BCUT2D eigenvalue weighted by molar-refractivity contribution is 0.118. The van der Waals surface area contributed by atoms with Crippen molar-refractivity contribution in [3.63, 3.8) is 0 Å². The van der Waals surface area contributed by atoms with Gasteiger partial charge in [-0.05, 0) is 29.5 Å². The second kappa shape index (κ2) is 7.72. The quantitative estimate of drug-likeness (QED) is 0.770. The van der Waals surface area contributed by atoms with Crippen molar-refractivity contribution in [3.8, 4) is 0 Å². The molecule has 0 amide bonds. The lowest BCUT2D eigenvalue weighted by Gasteiger charge is -2.05. The zero-order valence-corrected chi connectivity index (χ0v) is 11.2. The molecule has 100 valence electrons. The monoisotopic (exact) mass is 255 g/mol. The minimum atomic E-state index is 0.595. The van der Waals surface area contributed by atoms with Crippen molar-refractivity contribution in [2.24, 2.45) is 5.73 Å². The Balaban J connectivity index is 1.63. The van der Waals surface area contributed by atoms with E-state index in [-0.39, 0.29) is 0 Å². The van der Waals surface area contributed by atoms with Gasteiger partial charge in [0.1, 0.15) is 0 Å². The second-order valence-electron chi connectivity index (χ2n) is 4.66. The maximum absolute atomic E-state index is 5.68. The normalized spacial score (nSPS) is 10.6. The summed E-state index contributed by atoms with van der Waals surface area (Å²) < 4.78 is 5.68. The van der Waals surface area contributed by atoms with Crippen LogP contribution in [0.5, 0.6) is 0 Å². The molecule has 0 aliphatic heterocycles. The molecule has 2 heteroatoms. The van der Waals surface area contributed by atoms with Crippen molar-refractivity contribution >= 4 is 0 Å². The van der Waals surface area contributed by atoms with Crippen LogP contribution >= 0.6 is 0 Å². The van der Waals surface area contributed by atoms with Gasteiger partial charge in [0.15, 0.2) is 0 Å². The summed E-state index contributed by atoms with van der Waals surface area (Å²) >= 11 is 0. The molecule has 0 bridgehead atoms. The molecule has 19 heavy (non-hydrogen) atoms. The molecule has 0 aliphatic carbocycles.